The largest absolute Gasteiger partial charge is 0.492 e. The molecule has 2 aromatic carbocycles. The van der Waals surface area contributed by atoms with E-state index in [9.17, 15) is 4.79 Å². The van der Waals surface area contributed by atoms with E-state index in [1.54, 1.807) is 30.3 Å². The molecule has 2 N–H and O–H groups in total. The zero-order valence-electron chi connectivity index (χ0n) is 14.1. The van der Waals surface area contributed by atoms with Gasteiger partial charge in [0.1, 0.15) is 11.4 Å². The Kier molecular flexibility index (Phi) is 5.66. The number of nitrogens with zero attached hydrogens (tertiary/aromatic N) is 2. The third-order valence-corrected chi connectivity index (χ3v) is 3.68. The first kappa shape index (κ1) is 17.7. The molecule has 26 heavy (non-hydrogen) atoms. The van der Waals surface area contributed by atoms with Gasteiger partial charge < -0.3 is 15.4 Å². The van der Waals surface area contributed by atoms with Crippen molar-refractivity contribution in [3.63, 3.8) is 0 Å². The number of hydrogen-bond acceptors (Lipinski definition) is 5. The van der Waals surface area contributed by atoms with Crippen LogP contribution >= 0.6 is 11.6 Å². The van der Waals surface area contributed by atoms with Gasteiger partial charge in [0.15, 0.2) is 0 Å². The van der Waals surface area contributed by atoms with Gasteiger partial charge in [-0.1, -0.05) is 23.7 Å². The highest BCUT2D eigenvalue weighted by Crippen LogP contribution is 2.26. The number of rotatable bonds is 6. The van der Waals surface area contributed by atoms with Crippen LogP contribution in [0.25, 0.3) is 0 Å². The van der Waals surface area contributed by atoms with Crippen molar-refractivity contribution in [1.82, 2.24) is 9.97 Å². The van der Waals surface area contributed by atoms with Gasteiger partial charge in [-0.25, -0.2) is 9.97 Å². The van der Waals surface area contributed by atoms with Crippen molar-refractivity contribution in [2.75, 3.05) is 17.2 Å². The third kappa shape index (κ3) is 4.49. The van der Waals surface area contributed by atoms with Crippen LogP contribution < -0.4 is 15.4 Å². The average Bonchev–Trinajstić information content (AvgIpc) is 2.66. The SMILES string of the molecule is CCOc1ccccc1Nc1nccc(C(=O)Nc2ccc(Cl)cc2)n1. The number of carbonyl (C=O) groups excluding carboxylic acids is 1. The van der Waals surface area contributed by atoms with Crippen LogP contribution in [-0.2, 0) is 0 Å². The van der Waals surface area contributed by atoms with Crippen molar-refractivity contribution in [1.29, 1.82) is 0 Å². The minimum absolute atomic E-state index is 0.242. The first-order valence-electron chi connectivity index (χ1n) is 8.04. The fourth-order valence-corrected chi connectivity index (χ4v) is 2.37. The molecule has 0 aliphatic rings. The molecule has 0 aliphatic carbocycles. The molecule has 0 unspecified atom stereocenters. The Balaban J connectivity index is 1.76. The molecule has 0 radical (unpaired) electrons. The number of amides is 1. The van der Waals surface area contributed by atoms with E-state index in [-0.39, 0.29) is 11.6 Å². The maximum Gasteiger partial charge on any atom is 0.274 e. The van der Waals surface area contributed by atoms with Gasteiger partial charge in [0, 0.05) is 16.9 Å². The van der Waals surface area contributed by atoms with Crippen LogP contribution in [0.1, 0.15) is 17.4 Å². The molecule has 0 spiro atoms. The number of halogens is 1. The number of nitrogens with one attached hydrogen (secondary N) is 2. The monoisotopic (exact) mass is 368 g/mol. The van der Waals surface area contributed by atoms with Crippen LogP contribution in [0, 0.1) is 0 Å². The Bertz CT molecular complexity index is 900. The summed E-state index contributed by atoms with van der Waals surface area (Å²) in [5.74, 6) is 0.659. The molecular formula is C19H17ClN4O2. The Labute approximate surface area is 156 Å². The Morgan fingerprint density at radius 3 is 2.65 bits per heavy atom. The van der Waals surface area contributed by atoms with Gasteiger partial charge in [0.25, 0.3) is 5.91 Å². The summed E-state index contributed by atoms with van der Waals surface area (Å²) in [5, 5.41) is 6.45. The van der Waals surface area contributed by atoms with Gasteiger partial charge >= 0.3 is 0 Å². The predicted molar refractivity (Wildman–Crippen MR) is 102 cm³/mol. The zero-order chi connectivity index (χ0) is 18.4. The van der Waals surface area contributed by atoms with E-state index >= 15 is 0 Å². The molecule has 1 heterocycles. The minimum Gasteiger partial charge on any atom is -0.492 e. The van der Waals surface area contributed by atoms with Crippen LogP contribution in [0.15, 0.2) is 60.8 Å². The fraction of sp³-hybridized carbons (Fsp3) is 0.105. The maximum absolute atomic E-state index is 12.4. The van der Waals surface area contributed by atoms with E-state index < -0.39 is 0 Å². The molecule has 1 aromatic heterocycles. The zero-order valence-corrected chi connectivity index (χ0v) is 14.8. The van der Waals surface area contributed by atoms with E-state index in [1.165, 1.54) is 6.20 Å². The second-order valence-electron chi connectivity index (χ2n) is 5.28. The van der Waals surface area contributed by atoms with Gasteiger partial charge in [0.05, 0.1) is 12.3 Å². The molecule has 3 aromatic rings. The third-order valence-electron chi connectivity index (χ3n) is 3.42. The maximum atomic E-state index is 12.4. The second-order valence-corrected chi connectivity index (χ2v) is 5.72. The van der Waals surface area contributed by atoms with Crippen molar-refractivity contribution < 1.29 is 9.53 Å². The number of anilines is 3. The summed E-state index contributed by atoms with van der Waals surface area (Å²) in [6, 6.07) is 15.9. The first-order valence-corrected chi connectivity index (χ1v) is 8.42. The highest BCUT2D eigenvalue weighted by atomic mass is 35.5. The van der Waals surface area contributed by atoms with E-state index in [2.05, 4.69) is 20.6 Å². The summed E-state index contributed by atoms with van der Waals surface area (Å²) in [6.45, 7) is 2.46. The number of carbonyl (C=O) groups is 1. The molecule has 3 rings (SSSR count). The molecule has 7 heteroatoms. The number of aromatic nitrogens is 2. The number of para-hydroxylation sites is 2. The molecule has 0 aliphatic heterocycles. The van der Waals surface area contributed by atoms with Gasteiger partial charge in [-0.3, -0.25) is 4.79 Å². The standard InChI is InChI=1S/C19H17ClN4O2/c1-2-26-17-6-4-3-5-15(17)23-19-21-12-11-16(24-19)18(25)22-14-9-7-13(20)8-10-14/h3-12H,2H2,1H3,(H,22,25)(H,21,23,24). The summed E-state index contributed by atoms with van der Waals surface area (Å²) >= 11 is 5.85. The van der Waals surface area contributed by atoms with E-state index in [1.807, 2.05) is 31.2 Å². The molecule has 0 fully saturated rings. The van der Waals surface area contributed by atoms with E-state index in [0.29, 0.717) is 29.0 Å². The van der Waals surface area contributed by atoms with Crippen LogP contribution in [0.2, 0.25) is 5.02 Å². The summed E-state index contributed by atoms with van der Waals surface area (Å²) in [5.41, 5.74) is 1.60. The normalized spacial score (nSPS) is 10.2. The fourth-order valence-electron chi connectivity index (χ4n) is 2.25. The summed E-state index contributed by atoms with van der Waals surface area (Å²) in [7, 11) is 0. The van der Waals surface area contributed by atoms with Gasteiger partial charge in [-0.05, 0) is 49.4 Å². The number of benzene rings is 2. The molecule has 132 valence electrons. The second kappa shape index (κ2) is 8.31. The molecule has 0 saturated carbocycles. The average molecular weight is 369 g/mol. The smallest absolute Gasteiger partial charge is 0.274 e. The highest BCUT2D eigenvalue weighted by molar-refractivity contribution is 6.30. The molecule has 6 nitrogen and oxygen atoms in total. The first-order chi connectivity index (χ1) is 12.7. The van der Waals surface area contributed by atoms with E-state index in [0.717, 1.165) is 5.69 Å². The predicted octanol–water partition coefficient (Wildman–Crippen LogP) is 4.52. The van der Waals surface area contributed by atoms with Crippen molar-refractivity contribution in [2.45, 2.75) is 6.92 Å². The quantitative estimate of drug-likeness (QED) is 0.668. The van der Waals surface area contributed by atoms with Crippen molar-refractivity contribution in [3.05, 3.63) is 71.5 Å². The molecule has 0 bridgehead atoms. The lowest BCUT2D eigenvalue weighted by molar-refractivity contribution is 0.102. The Morgan fingerprint density at radius 2 is 1.88 bits per heavy atom. The molecular weight excluding hydrogens is 352 g/mol. The summed E-state index contributed by atoms with van der Waals surface area (Å²) in [6.07, 6.45) is 1.52. The molecule has 0 saturated heterocycles. The van der Waals surface area contributed by atoms with Crippen LogP contribution in [-0.4, -0.2) is 22.5 Å². The summed E-state index contributed by atoms with van der Waals surface area (Å²) < 4.78 is 5.57. The number of hydrogen-bond donors (Lipinski definition) is 2. The summed E-state index contributed by atoms with van der Waals surface area (Å²) in [4.78, 5) is 20.8. The van der Waals surface area contributed by atoms with Crippen molar-refractivity contribution >= 4 is 34.8 Å². The van der Waals surface area contributed by atoms with Crippen molar-refractivity contribution in [3.8, 4) is 5.75 Å². The van der Waals surface area contributed by atoms with Crippen LogP contribution in [0.4, 0.5) is 17.3 Å². The minimum atomic E-state index is -0.337. The lowest BCUT2D eigenvalue weighted by atomic mass is 10.3. The van der Waals surface area contributed by atoms with E-state index in [4.69, 9.17) is 16.3 Å². The Hall–Kier alpha value is -3.12. The van der Waals surface area contributed by atoms with Gasteiger partial charge in [0.2, 0.25) is 5.95 Å². The highest BCUT2D eigenvalue weighted by Gasteiger charge is 2.11. The van der Waals surface area contributed by atoms with Crippen LogP contribution in [0.5, 0.6) is 5.75 Å². The lowest BCUT2D eigenvalue weighted by Gasteiger charge is -2.11. The Morgan fingerprint density at radius 1 is 1.12 bits per heavy atom. The lowest BCUT2D eigenvalue weighted by Crippen LogP contribution is -2.14. The topological polar surface area (TPSA) is 76.1 Å². The van der Waals surface area contributed by atoms with Crippen LogP contribution in [0.3, 0.4) is 0 Å². The van der Waals surface area contributed by atoms with Gasteiger partial charge in [-0.2, -0.15) is 0 Å². The van der Waals surface area contributed by atoms with Crippen molar-refractivity contribution in [2.24, 2.45) is 0 Å². The molecule has 1 amide bonds. The molecule has 0 atom stereocenters. The number of ether oxygens (including phenoxy) is 1. The van der Waals surface area contributed by atoms with Gasteiger partial charge in [-0.15, -0.1) is 0 Å².